The predicted octanol–water partition coefficient (Wildman–Crippen LogP) is 5.01. The molecule has 1 saturated carbocycles. The summed E-state index contributed by atoms with van der Waals surface area (Å²) in [5.41, 5.74) is 0.289. The summed E-state index contributed by atoms with van der Waals surface area (Å²) >= 11 is 11.8. The second kappa shape index (κ2) is 6.97. The second-order valence-corrected chi connectivity index (χ2v) is 7.05. The average molecular weight is 330 g/mol. The van der Waals surface area contributed by atoms with E-state index in [-0.39, 0.29) is 21.8 Å². The van der Waals surface area contributed by atoms with Crippen LogP contribution in [0.4, 0.5) is 0 Å². The van der Waals surface area contributed by atoms with Crippen molar-refractivity contribution in [2.45, 2.75) is 46.1 Å². The maximum absolute atomic E-state index is 12.4. The molecule has 1 heterocycles. The highest BCUT2D eigenvalue weighted by Gasteiger charge is 2.33. The van der Waals surface area contributed by atoms with Crippen molar-refractivity contribution in [3.63, 3.8) is 0 Å². The molecule has 1 fully saturated rings. The highest BCUT2D eigenvalue weighted by atomic mass is 35.5. The normalized spacial score (nSPS) is 25.9. The van der Waals surface area contributed by atoms with Crippen molar-refractivity contribution in [1.82, 2.24) is 4.98 Å². The fraction of sp³-hybridized carbons (Fsp3) is 0.625. The summed E-state index contributed by atoms with van der Waals surface area (Å²) in [4.78, 5) is 16.2. The van der Waals surface area contributed by atoms with Gasteiger partial charge in [0.25, 0.3) is 0 Å². The van der Waals surface area contributed by atoms with Crippen molar-refractivity contribution in [3.05, 3.63) is 28.0 Å². The van der Waals surface area contributed by atoms with Crippen molar-refractivity contribution in [2.24, 2.45) is 17.8 Å². The molecule has 0 radical (unpaired) electrons. The van der Waals surface area contributed by atoms with E-state index in [1.54, 1.807) is 0 Å². The third kappa shape index (κ3) is 4.10. The minimum atomic E-state index is -0.408. The first-order valence-corrected chi connectivity index (χ1v) is 8.16. The molecule has 0 bridgehead atoms. The molecule has 0 spiro atoms. The Morgan fingerprint density at radius 1 is 1.38 bits per heavy atom. The highest BCUT2D eigenvalue weighted by Crippen LogP contribution is 2.36. The predicted molar refractivity (Wildman–Crippen MR) is 84.8 cm³/mol. The second-order valence-electron chi connectivity index (χ2n) is 6.26. The van der Waals surface area contributed by atoms with E-state index in [9.17, 15) is 4.79 Å². The quantitative estimate of drug-likeness (QED) is 0.578. The van der Waals surface area contributed by atoms with Gasteiger partial charge in [0.1, 0.15) is 11.3 Å². The van der Waals surface area contributed by atoms with E-state index in [0.29, 0.717) is 17.8 Å². The first kappa shape index (κ1) is 16.6. The number of hydrogen-bond donors (Lipinski definition) is 0. The van der Waals surface area contributed by atoms with Crippen molar-refractivity contribution in [3.8, 4) is 0 Å². The maximum Gasteiger partial charge on any atom is 0.340 e. The fourth-order valence-corrected chi connectivity index (χ4v) is 3.36. The molecule has 5 heteroatoms. The van der Waals surface area contributed by atoms with Crippen LogP contribution in [-0.2, 0) is 4.74 Å². The fourth-order valence-electron chi connectivity index (χ4n) is 3.02. The number of esters is 1. The van der Waals surface area contributed by atoms with Gasteiger partial charge < -0.3 is 4.74 Å². The van der Waals surface area contributed by atoms with Crippen LogP contribution >= 0.6 is 23.2 Å². The molecule has 0 aromatic carbocycles. The van der Waals surface area contributed by atoms with Gasteiger partial charge in [-0.1, -0.05) is 50.4 Å². The summed E-state index contributed by atoms with van der Waals surface area (Å²) in [5.74, 6) is 1.07. The van der Waals surface area contributed by atoms with Gasteiger partial charge in [0.05, 0.1) is 10.6 Å². The minimum absolute atomic E-state index is 0.0516. The van der Waals surface area contributed by atoms with E-state index in [1.165, 1.54) is 18.7 Å². The van der Waals surface area contributed by atoms with Gasteiger partial charge in [-0.3, -0.25) is 0 Å². The summed E-state index contributed by atoms with van der Waals surface area (Å²) in [6.45, 7) is 6.56. The first-order valence-electron chi connectivity index (χ1n) is 7.40. The van der Waals surface area contributed by atoms with Crippen molar-refractivity contribution >= 4 is 29.2 Å². The van der Waals surface area contributed by atoms with Crippen LogP contribution in [0.5, 0.6) is 0 Å². The Morgan fingerprint density at radius 3 is 2.76 bits per heavy atom. The Kier molecular flexibility index (Phi) is 5.50. The first-order chi connectivity index (χ1) is 9.88. The van der Waals surface area contributed by atoms with Crippen LogP contribution in [0.1, 0.15) is 50.4 Å². The van der Waals surface area contributed by atoms with Crippen molar-refractivity contribution < 1.29 is 9.53 Å². The summed E-state index contributed by atoms with van der Waals surface area (Å²) < 4.78 is 5.75. The van der Waals surface area contributed by atoms with E-state index in [2.05, 4.69) is 25.8 Å². The van der Waals surface area contributed by atoms with Gasteiger partial charge in [-0.25, -0.2) is 9.78 Å². The largest absolute Gasteiger partial charge is 0.458 e. The number of aromatic nitrogens is 1. The molecule has 0 amide bonds. The lowest BCUT2D eigenvalue weighted by Gasteiger charge is -2.36. The molecule has 21 heavy (non-hydrogen) atoms. The van der Waals surface area contributed by atoms with Crippen LogP contribution in [0.3, 0.4) is 0 Å². The molecule has 1 aliphatic rings. The zero-order valence-corrected chi connectivity index (χ0v) is 14.1. The number of nitrogens with zero attached hydrogens (tertiary/aromatic N) is 1. The third-order valence-electron chi connectivity index (χ3n) is 4.26. The zero-order valence-electron chi connectivity index (χ0n) is 12.6. The number of halogens is 2. The van der Waals surface area contributed by atoms with Crippen LogP contribution in [0.2, 0.25) is 10.2 Å². The SMILES string of the molecule is CC1CCC(C(C)C)C(OC(=O)c2cc(Cl)ncc2Cl)C1. The van der Waals surface area contributed by atoms with Crippen LogP contribution in [0.25, 0.3) is 0 Å². The number of pyridine rings is 1. The summed E-state index contributed by atoms with van der Waals surface area (Å²) in [6, 6.07) is 1.46. The van der Waals surface area contributed by atoms with E-state index in [0.717, 1.165) is 12.8 Å². The smallest absolute Gasteiger partial charge is 0.340 e. The number of ether oxygens (including phenoxy) is 1. The van der Waals surface area contributed by atoms with Crippen LogP contribution in [-0.4, -0.2) is 17.1 Å². The molecule has 0 saturated heterocycles. The summed E-state index contributed by atoms with van der Waals surface area (Å²) in [5, 5.41) is 0.512. The number of carbonyl (C=O) groups is 1. The van der Waals surface area contributed by atoms with Crippen molar-refractivity contribution in [2.75, 3.05) is 0 Å². The Labute approximate surface area is 136 Å². The number of rotatable bonds is 3. The lowest BCUT2D eigenvalue weighted by atomic mass is 9.75. The molecule has 0 N–H and O–H groups in total. The van der Waals surface area contributed by atoms with Gasteiger partial charge in [0, 0.05) is 6.20 Å². The van der Waals surface area contributed by atoms with Gasteiger partial charge in [-0.15, -0.1) is 0 Å². The summed E-state index contributed by atoms with van der Waals surface area (Å²) in [6.07, 6.45) is 4.53. The molecule has 1 aromatic rings. The Hall–Kier alpha value is -0.800. The molecular weight excluding hydrogens is 309 g/mol. The Morgan fingerprint density at radius 2 is 2.10 bits per heavy atom. The number of carbonyl (C=O) groups excluding carboxylic acids is 1. The Balaban J connectivity index is 2.14. The van der Waals surface area contributed by atoms with Gasteiger partial charge in [-0.2, -0.15) is 0 Å². The molecule has 2 rings (SSSR count). The molecule has 116 valence electrons. The minimum Gasteiger partial charge on any atom is -0.458 e. The molecule has 1 aliphatic carbocycles. The zero-order chi connectivity index (χ0) is 15.6. The third-order valence-corrected chi connectivity index (χ3v) is 4.77. The molecule has 3 atom stereocenters. The summed E-state index contributed by atoms with van der Waals surface area (Å²) in [7, 11) is 0. The Bertz CT molecular complexity index is 519. The van der Waals surface area contributed by atoms with Crippen LogP contribution < -0.4 is 0 Å². The van der Waals surface area contributed by atoms with E-state index in [1.807, 2.05) is 0 Å². The van der Waals surface area contributed by atoms with Crippen LogP contribution in [0, 0.1) is 17.8 Å². The van der Waals surface area contributed by atoms with Crippen LogP contribution in [0.15, 0.2) is 12.3 Å². The lowest BCUT2D eigenvalue weighted by Crippen LogP contribution is -2.35. The number of hydrogen-bond acceptors (Lipinski definition) is 3. The van der Waals surface area contributed by atoms with E-state index in [4.69, 9.17) is 27.9 Å². The van der Waals surface area contributed by atoms with Gasteiger partial charge in [0.2, 0.25) is 0 Å². The topological polar surface area (TPSA) is 39.2 Å². The molecule has 1 aromatic heterocycles. The van der Waals surface area contributed by atoms with Gasteiger partial charge in [-0.05, 0) is 36.7 Å². The van der Waals surface area contributed by atoms with E-state index < -0.39 is 5.97 Å². The van der Waals surface area contributed by atoms with E-state index >= 15 is 0 Å². The maximum atomic E-state index is 12.4. The monoisotopic (exact) mass is 329 g/mol. The lowest BCUT2D eigenvalue weighted by molar-refractivity contribution is -0.0174. The van der Waals surface area contributed by atoms with Gasteiger partial charge in [0.15, 0.2) is 0 Å². The molecule has 3 nitrogen and oxygen atoms in total. The average Bonchev–Trinajstić information content (AvgIpc) is 2.41. The molecule has 0 aliphatic heterocycles. The van der Waals surface area contributed by atoms with Gasteiger partial charge >= 0.3 is 5.97 Å². The standard InChI is InChI=1S/C16H21Cl2NO2/c1-9(2)11-5-4-10(3)6-14(11)21-16(20)12-7-15(18)19-8-13(12)17/h7-11,14H,4-6H2,1-3H3. The molecular formula is C16H21Cl2NO2. The highest BCUT2D eigenvalue weighted by molar-refractivity contribution is 6.34. The van der Waals surface area contributed by atoms with Crippen molar-refractivity contribution in [1.29, 1.82) is 0 Å². The molecule has 3 unspecified atom stereocenters.